The third-order valence-electron chi connectivity index (χ3n) is 3.25. The highest BCUT2D eigenvalue weighted by Gasteiger charge is 2.32. The van der Waals surface area contributed by atoms with E-state index in [1.807, 2.05) is 18.2 Å². The Kier molecular flexibility index (Phi) is 2.48. The second-order valence-electron chi connectivity index (χ2n) is 4.31. The third kappa shape index (κ3) is 1.64. The molecule has 1 unspecified atom stereocenters. The van der Waals surface area contributed by atoms with Gasteiger partial charge in [-0.25, -0.2) is 0 Å². The molecule has 0 radical (unpaired) electrons. The molecule has 0 aliphatic heterocycles. The van der Waals surface area contributed by atoms with Crippen LogP contribution >= 0.6 is 12.2 Å². The van der Waals surface area contributed by atoms with Gasteiger partial charge in [0, 0.05) is 17.3 Å². The number of Topliss-reactive ketones (excluding diaryl/α,β-unsaturated/α-hetero) is 1. The molecule has 3 rings (SSSR count). The van der Waals surface area contributed by atoms with Crippen molar-refractivity contribution in [3.8, 4) is 0 Å². The second kappa shape index (κ2) is 4.03. The topological polar surface area (TPSA) is 65.7 Å². The van der Waals surface area contributed by atoms with E-state index in [0.717, 1.165) is 5.56 Å². The minimum atomic E-state index is -0.405. The highest BCUT2D eigenvalue weighted by atomic mass is 32.1. The number of nitrogens with one attached hydrogen (secondary N) is 2. The smallest absolute Gasteiger partial charge is 0.255 e. The average molecular weight is 258 g/mol. The number of carbonyl (C=O) groups excluding carboxylic acids is 1. The number of aromatic nitrogens is 2. The van der Waals surface area contributed by atoms with E-state index in [1.165, 1.54) is 6.20 Å². The molecule has 4 nitrogen and oxygen atoms in total. The molecule has 1 atom stereocenters. The lowest BCUT2D eigenvalue weighted by Crippen LogP contribution is -2.20. The van der Waals surface area contributed by atoms with Crippen LogP contribution in [0.3, 0.4) is 0 Å². The first-order valence-corrected chi connectivity index (χ1v) is 6.01. The van der Waals surface area contributed by atoms with E-state index in [1.54, 1.807) is 6.07 Å². The zero-order valence-corrected chi connectivity index (χ0v) is 10.2. The standard InChI is InChI=1S/C13H10N2O2S/c16-11-8-4-2-1-3-7(8)5-9(11)10-6-14-13(18)15-12(10)17/h1-4,6,9H,5H2,(H2,14,15,17,18). The van der Waals surface area contributed by atoms with E-state index >= 15 is 0 Å². The van der Waals surface area contributed by atoms with Crippen molar-refractivity contribution in [3.63, 3.8) is 0 Å². The van der Waals surface area contributed by atoms with Crippen LogP contribution in [0.25, 0.3) is 0 Å². The summed E-state index contributed by atoms with van der Waals surface area (Å²) in [6, 6.07) is 7.46. The van der Waals surface area contributed by atoms with Crippen LogP contribution in [0.1, 0.15) is 27.4 Å². The van der Waals surface area contributed by atoms with Crippen LogP contribution in [0.5, 0.6) is 0 Å². The summed E-state index contributed by atoms with van der Waals surface area (Å²) in [5.74, 6) is -0.403. The van der Waals surface area contributed by atoms with E-state index in [0.29, 0.717) is 17.5 Å². The monoisotopic (exact) mass is 258 g/mol. The van der Waals surface area contributed by atoms with Gasteiger partial charge in [0.1, 0.15) is 0 Å². The summed E-state index contributed by atoms with van der Waals surface area (Å²) in [6.45, 7) is 0. The number of ketones is 1. The molecule has 1 aromatic carbocycles. The molecule has 0 saturated carbocycles. The fourth-order valence-electron chi connectivity index (χ4n) is 2.37. The van der Waals surface area contributed by atoms with Gasteiger partial charge < -0.3 is 4.98 Å². The van der Waals surface area contributed by atoms with Crippen LogP contribution in [0.15, 0.2) is 35.3 Å². The first kappa shape index (κ1) is 11.1. The highest BCUT2D eigenvalue weighted by molar-refractivity contribution is 7.71. The van der Waals surface area contributed by atoms with E-state index in [4.69, 9.17) is 12.2 Å². The van der Waals surface area contributed by atoms with E-state index < -0.39 is 5.92 Å². The Bertz CT molecular complexity index is 745. The summed E-state index contributed by atoms with van der Waals surface area (Å²) >= 11 is 4.84. The van der Waals surface area contributed by atoms with Crippen LogP contribution in [0.4, 0.5) is 0 Å². The minimum Gasteiger partial charge on any atom is -0.338 e. The van der Waals surface area contributed by atoms with Gasteiger partial charge in [-0.1, -0.05) is 24.3 Å². The quantitative estimate of drug-likeness (QED) is 0.768. The van der Waals surface area contributed by atoms with Crippen molar-refractivity contribution in [3.05, 3.63) is 62.3 Å². The zero-order valence-electron chi connectivity index (χ0n) is 9.40. The van der Waals surface area contributed by atoms with Crippen LogP contribution in [0.2, 0.25) is 0 Å². The molecular weight excluding hydrogens is 248 g/mol. The fraction of sp³-hybridized carbons (Fsp3) is 0.154. The molecule has 1 aliphatic rings. The molecular formula is C13H10N2O2S. The maximum Gasteiger partial charge on any atom is 0.255 e. The van der Waals surface area contributed by atoms with Crippen LogP contribution in [-0.2, 0) is 6.42 Å². The van der Waals surface area contributed by atoms with Crippen LogP contribution < -0.4 is 5.56 Å². The predicted octanol–water partition coefficient (Wildman–Crippen LogP) is 1.96. The Morgan fingerprint density at radius 3 is 2.72 bits per heavy atom. The second-order valence-corrected chi connectivity index (χ2v) is 4.71. The molecule has 2 N–H and O–H groups in total. The summed E-state index contributed by atoms with van der Waals surface area (Å²) < 4.78 is 0.270. The van der Waals surface area contributed by atoms with Gasteiger partial charge >= 0.3 is 0 Å². The van der Waals surface area contributed by atoms with Gasteiger partial charge in [0.25, 0.3) is 5.56 Å². The molecule has 2 aromatic rings. The Hall–Kier alpha value is -2.01. The predicted molar refractivity (Wildman–Crippen MR) is 69.5 cm³/mol. The number of fused-ring (bicyclic) bond motifs is 1. The molecule has 18 heavy (non-hydrogen) atoms. The Morgan fingerprint density at radius 1 is 1.22 bits per heavy atom. The largest absolute Gasteiger partial charge is 0.338 e. The average Bonchev–Trinajstić information content (AvgIpc) is 2.68. The van der Waals surface area contributed by atoms with Gasteiger partial charge in [0.15, 0.2) is 10.6 Å². The number of hydrogen-bond acceptors (Lipinski definition) is 3. The first-order valence-electron chi connectivity index (χ1n) is 5.61. The molecule has 0 fully saturated rings. The molecule has 1 heterocycles. The summed E-state index contributed by atoms with van der Waals surface area (Å²) in [7, 11) is 0. The zero-order chi connectivity index (χ0) is 12.7. The van der Waals surface area contributed by atoms with Crippen molar-refractivity contribution in [2.24, 2.45) is 0 Å². The van der Waals surface area contributed by atoms with Crippen molar-refractivity contribution < 1.29 is 4.79 Å². The first-order chi connectivity index (χ1) is 8.66. The van der Waals surface area contributed by atoms with Crippen molar-refractivity contribution in [1.29, 1.82) is 0 Å². The van der Waals surface area contributed by atoms with E-state index in [2.05, 4.69) is 9.97 Å². The van der Waals surface area contributed by atoms with Gasteiger partial charge in [-0.3, -0.25) is 14.6 Å². The molecule has 5 heteroatoms. The molecule has 0 saturated heterocycles. The molecule has 1 aliphatic carbocycles. The van der Waals surface area contributed by atoms with Gasteiger partial charge in [-0.05, 0) is 24.2 Å². The highest BCUT2D eigenvalue weighted by Crippen LogP contribution is 2.31. The lowest BCUT2D eigenvalue weighted by atomic mass is 9.98. The van der Waals surface area contributed by atoms with E-state index in [9.17, 15) is 9.59 Å². The maximum atomic E-state index is 12.2. The summed E-state index contributed by atoms with van der Waals surface area (Å²) in [5.41, 5.74) is 1.87. The molecule has 0 amide bonds. The number of rotatable bonds is 1. The summed E-state index contributed by atoms with van der Waals surface area (Å²) in [5, 5.41) is 0. The summed E-state index contributed by atoms with van der Waals surface area (Å²) in [4.78, 5) is 29.4. The number of H-pyrrole nitrogens is 2. The summed E-state index contributed by atoms with van der Waals surface area (Å²) in [6.07, 6.45) is 2.11. The molecule has 0 bridgehead atoms. The fourth-order valence-corrected chi connectivity index (χ4v) is 2.52. The molecule has 1 aromatic heterocycles. The Labute approximate surface area is 108 Å². The van der Waals surface area contributed by atoms with Crippen LogP contribution in [-0.4, -0.2) is 15.8 Å². The van der Waals surface area contributed by atoms with Gasteiger partial charge in [0.2, 0.25) is 0 Å². The Balaban J connectivity index is 2.09. The lowest BCUT2D eigenvalue weighted by Gasteiger charge is -2.06. The third-order valence-corrected chi connectivity index (χ3v) is 3.47. The van der Waals surface area contributed by atoms with Crippen molar-refractivity contribution in [2.45, 2.75) is 12.3 Å². The lowest BCUT2D eigenvalue weighted by molar-refractivity contribution is 0.0972. The number of carbonyl (C=O) groups is 1. The van der Waals surface area contributed by atoms with Crippen molar-refractivity contribution in [1.82, 2.24) is 9.97 Å². The molecule has 90 valence electrons. The molecule has 0 spiro atoms. The number of benzene rings is 1. The van der Waals surface area contributed by atoms with Gasteiger partial charge in [-0.15, -0.1) is 0 Å². The number of aromatic amines is 2. The van der Waals surface area contributed by atoms with Gasteiger partial charge in [-0.2, -0.15) is 0 Å². The van der Waals surface area contributed by atoms with E-state index in [-0.39, 0.29) is 16.1 Å². The van der Waals surface area contributed by atoms with Gasteiger partial charge in [0.05, 0.1) is 5.92 Å². The maximum absolute atomic E-state index is 12.2. The SMILES string of the molecule is O=C1c2ccccc2CC1c1c[nH]c(=S)[nH]c1=O. The number of hydrogen-bond donors (Lipinski definition) is 2. The minimum absolute atomic E-state index is 0.00150. The van der Waals surface area contributed by atoms with Crippen molar-refractivity contribution >= 4 is 18.0 Å². The van der Waals surface area contributed by atoms with Crippen molar-refractivity contribution in [2.75, 3.05) is 0 Å². The normalized spacial score (nSPS) is 17.8. The van der Waals surface area contributed by atoms with Crippen LogP contribution in [0, 0.1) is 4.77 Å². The Morgan fingerprint density at radius 2 is 2.00 bits per heavy atom.